The topological polar surface area (TPSA) is 53.4 Å². The van der Waals surface area contributed by atoms with E-state index in [4.69, 9.17) is 11.5 Å². The average Bonchev–Trinajstić information content (AvgIpc) is 2.29. The van der Waals surface area contributed by atoms with Gasteiger partial charge in [-0.2, -0.15) is 0 Å². The summed E-state index contributed by atoms with van der Waals surface area (Å²) in [6, 6.07) is 3.13. The van der Waals surface area contributed by atoms with Crippen molar-refractivity contribution < 1.29 is 9.90 Å². The predicted molar refractivity (Wildman–Crippen MR) is 62.4 cm³/mol. The first-order valence-corrected chi connectivity index (χ1v) is 4.67. The van der Waals surface area contributed by atoms with E-state index in [1.165, 1.54) is 12.3 Å². The maximum Gasteiger partial charge on any atom is 0.337 e. The van der Waals surface area contributed by atoms with Crippen molar-refractivity contribution in [2.75, 3.05) is 18.0 Å². The SMILES string of the molecule is C#CCN(CC=C)c1ccc(C(=O)O)cn1. The molecule has 0 aromatic carbocycles. The summed E-state index contributed by atoms with van der Waals surface area (Å²) in [4.78, 5) is 16.5. The van der Waals surface area contributed by atoms with Crippen LogP contribution in [0.15, 0.2) is 31.0 Å². The van der Waals surface area contributed by atoms with Crippen LogP contribution >= 0.6 is 0 Å². The summed E-state index contributed by atoms with van der Waals surface area (Å²) in [6.45, 7) is 4.60. The van der Waals surface area contributed by atoms with Gasteiger partial charge in [-0.15, -0.1) is 13.0 Å². The van der Waals surface area contributed by atoms with Crippen molar-refractivity contribution in [2.24, 2.45) is 0 Å². The number of carboxylic acid groups (broad SMARTS) is 1. The number of carbonyl (C=O) groups is 1. The lowest BCUT2D eigenvalue weighted by Crippen LogP contribution is -2.24. The van der Waals surface area contributed by atoms with Crippen molar-refractivity contribution >= 4 is 11.8 Å². The Kier molecular flexibility index (Phi) is 4.10. The van der Waals surface area contributed by atoms with Crippen LogP contribution < -0.4 is 4.90 Å². The number of rotatable bonds is 5. The van der Waals surface area contributed by atoms with Crippen molar-refractivity contribution in [3.05, 3.63) is 36.5 Å². The highest BCUT2D eigenvalue weighted by Crippen LogP contribution is 2.10. The van der Waals surface area contributed by atoms with Crippen LogP contribution in [0, 0.1) is 12.3 Å². The number of carboxylic acids is 1. The first kappa shape index (κ1) is 11.8. The maximum atomic E-state index is 10.6. The van der Waals surface area contributed by atoms with Gasteiger partial charge in [0.15, 0.2) is 0 Å². The Balaban J connectivity index is 2.89. The Labute approximate surface area is 94.2 Å². The van der Waals surface area contributed by atoms with Gasteiger partial charge in [-0.3, -0.25) is 0 Å². The minimum atomic E-state index is -0.994. The van der Waals surface area contributed by atoms with Gasteiger partial charge in [0.2, 0.25) is 0 Å². The molecule has 0 saturated carbocycles. The van der Waals surface area contributed by atoms with Crippen molar-refractivity contribution in [2.45, 2.75) is 0 Å². The van der Waals surface area contributed by atoms with Crippen LogP contribution in [0.5, 0.6) is 0 Å². The van der Waals surface area contributed by atoms with Gasteiger partial charge in [-0.25, -0.2) is 9.78 Å². The first-order valence-electron chi connectivity index (χ1n) is 4.67. The van der Waals surface area contributed by atoms with E-state index in [0.29, 0.717) is 18.9 Å². The van der Waals surface area contributed by atoms with E-state index in [-0.39, 0.29) is 5.56 Å². The van der Waals surface area contributed by atoms with Gasteiger partial charge in [0.1, 0.15) is 5.82 Å². The smallest absolute Gasteiger partial charge is 0.337 e. The summed E-state index contributed by atoms with van der Waals surface area (Å²) in [7, 11) is 0. The number of terminal acetylenes is 1. The lowest BCUT2D eigenvalue weighted by molar-refractivity contribution is 0.0696. The minimum Gasteiger partial charge on any atom is -0.478 e. The number of anilines is 1. The molecule has 4 heteroatoms. The van der Waals surface area contributed by atoms with Crippen LogP contribution in [0.4, 0.5) is 5.82 Å². The summed E-state index contributed by atoms with van der Waals surface area (Å²) in [6.07, 6.45) is 8.25. The van der Waals surface area contributed by atoms with Crippen LogP contribution in [-0.4, -0.2) is 29.1 Å². The number of hydrogen-bond donors (Lipinski definition) is 1. The fraction of sp³-hybridized carbons (Fsp3) is 0.167. The van der Waals surface area contributed by atoms with Gasteiger partial charge in [-0.1, -0.05) is 12.0 Å². The summed E-state index contributed by atoms with van der Waals surface area (Å²) in [5.74, 6) is 2.16. The Morgan fingerprint density at radius 2 is 2.44 bits per heavy atom. The van der Waals surface area contributed by atoms with Gasteiger partial charge < -0.3 is 10.0 Å². The van der Waals surface area contributed by atoms with Crippen LogP contribution in [-0.2, 0) is 0 Å². The van der Waals surface area contributed by atoms with Gasteiger partial charge >= 0.3 is 5.97 Å². The number of aromatic nitrogens is 1. The molecule has 0 atom stereocenters. The highest BCUT2D eigenvalue weighted by atomic mass is 16.4. The normalized spacial score (nSPS) is 9.19. The molecule has 82 valence electrons. The zero-order valence-corrected chi connectivity index (χ0v) is 8.76. The molecule has 0 unspecified atom stereocenters. The Bertz CT molecular complexity index is 418. The fourth-order valence-corrected chi connectivity index (χ4v) is 1.20. The molecule has 0 aliphatic rings. The summed E-state index contributed by atoms with van der Waals surface area (Å²) < 4.78 is 0. The van der Waals surface area contributed by atoms with E-state index in [1.807, 2.05) is 4.90 Å². The number of aromatic carboxylic acids is 1. The maximum absolute atomic E-state index is 10.6. The molecular formula is C12H12N2O2. The van der Waals surface area contributed by atoms with Gasteiger partial charge in [-0.05, 0) is 12.1 Å². The molecule has 0 spiro atoms. The molecule has 1 aromatic rings. The van der Waals surface area contributed by atoms with Crippen molar-refractivity contribution in [3.8, 4) is 12.3 Å². The van der Waals surface area contributed by atoms with Crippen molar-refractivity contribution in [1.82, 2.24) is 4.98 Å². The van der Waals surface area contributed by atoms with Gasteiger partial charge in [0, 0.05) is 12.7 Å². The molecule has 4 nitrogen and oxygen atoms in total. The van der Waals surface area contributed by atoms with Crippen molar-refractivity contribution in [3.63, 3.8) is 0 Å². The lowest BCUT2D eigenvalue weighted by atomic mass is 10.3. The third-order valence-corrected chi connectivity index (χ3v) is 1.95. The van der Waals surface area contributed by atoms with Crippen molar-refractivity contribution in [1.29, 1.82) is 0 Å². The number of nitrogens with zero attached hydrogens (tertiary/aromatic N) is 2. The van der Waals surface area contributed by atoms with Gasteiger partial charge in [0.25, 0.3) is 0 Å². The standard InChI is InChI=1S/C12H12N2O2/c1-3-7-14(8-4-2)11-6-5-10(9-13-11)12(15)16/h1,4-6,9H,2,7-8H2,(H,15,16). The summed E-state index contributed by atoms with van der Waals surface area (Å²) >= 11 is 0. The predicted octanol–water partition coefficient (Wildman–Crippen LogP) is 1.41. The molecule has 0 aliphatic heterocycles. The molecular weight excluding hydrogens is 204 g/mol. The van der Waals surface area contributed by atoms with Gasteiger partial charge in [0.05, 0.1) is 12.1 Å². The van der Waals surface area contributed by atoms with Crippen LogP contribution in [0.25, 0.3) is 0 Å². The zero-order valence-electron chi connectivity index (χ0n) is 8.76. The molecule has 1 heterocycles. The third-order valence-electron chi connectivity index (χ3n) is 1.95. The molecule has 0 radical (unpaired) electrons. The van der Waals surface area contributed by atoms with E-state index in [2.05, 4.69) is 17.5 Å². The lowest BCUT2D eigenvalue weighted by Gasteiger charge is -2.18. The largest absolute Gasteiger partial charge is 0.478 e. The van der Waals surface area contributed by atoms with E-state index in [1.54, 1.807) is 12.1 Å². The molecule has 1 N–H and O–H groups in total. The van der Waals surface area contributed by atoms with E-state index < -0.39 is 5.97 Å². The number of pyridine rings is 1. The monoisotopic (exact) mass is 216 g/mol. The van der Waals surface area contributed by atoms with E-state index in [0.717, 1.165) is 0 Å². The molecule has 0 bridgehead atoms. The van der Waals surface area contributed by atoms with E-state index >= 15 is 0 Å². The van der Waals surface area contributed by atoms with Crippen LogP contribution in [0.1, 0.15) is 10.4 Å². The second-order valence-electron chi connectivity index (χ2n) is 3.08. The Hall–Kier alpha value is -2.28. The second-order valence-corrected chi connectivity index (χ2v) is 3.08. The zero-order chi connectivity index (χ0) is 12.0. The summed E-state index contributed by atoms with van der Waals surface area (Å²) in [5.41, 5.74) is 0.156. The molecule has 0 saturated heterocycles. The van der Waals surface area contributed by atoms with E-state index in [9.17, 15) is 4.79 Å². The van der Waals surface area contributed by atoms with Crippen LogP contribution in [0.2, 0.25) is 0 Å². The molecule has 0 fully saturated rings. The molecule has 16 heavy (non-hydrogen) atoms. The second kappa shape index (κ2) is 5.56. The molecule has 1 rings (SSSR count). The fourth-order valence-electron chi connectivity index (χ4n) is 1.20. The average molecular weight is 216 g/mol. The Morgan fingerprint density at radius 3 is 2.88 bits per heavy atom. The minimum absolute atomic E-state index is 0.156. The molecule has 0 aliphatic carbocycles. The highest BCUT2D eigenvalue weighted by Gasteiger charge is 2.07. The number of hydrogen-bond acceptors (Lipinski definition) is 3. The highest BCUT2D eigenvalue weighted by molar-refractivity contribution is 5.87. The molecule has 1 aromatic heterocycles. The summed E-state index contributed by atoms with van der Waals surface area (Å²) in [5, 5.41) is 8.72. The van der Waals surface area contributed by atoms with Crippen LogP contribution in [0.3, 0.4) is 0 Å². The quantitative estimate of drug-likeness (QED) is 0.597. The third kappa shape index (κ3) is 2.85. The first-order chi connectivity index (χ1) is 7.69. The molecule has 0 amide bonds. The Morgan fingerprint density at radius 1 is 1.69 bits per heavy atom.